The summed E-state index contributed by atoms with van der Waals surface area (Å²) in [6.07, 6.45) is 0.0189. The number of hydrogen-bond donors (Lipinski definition) is 2. The van der Waals surface area contributed by atoms with Crippen LogP contribution in [0, 0.1) is 0 Å². The quantitative estimate of drug-likeness (QED) is 0.814. The van der Waals surface area contributed by atoms with Crippen LogP contribution in [0.25, 0.3) is 0 Å². The molecule has 0 aromatic heterocycles. The van der Waals surface area contributed by atoms with Crippen molar-refractivity contribution in [3.63, 3.8) is 0 Å². The van der Waals surface area contributed by atoms with Gasteiger partial charge in [0.25, 0.3) is 0 Å². The van der Waals surface area contributed by atoms with Crippen molar-refractivity contribution in [2.45, 2.75) is 32.4 Å². The highest BCUT2D eigenvalue weighted by atomic mass is 32.2. The van der Waals surface area contributed by atoms with Gasteiger partial charge >= 0.3 is 5.97 Å². The minimum absolute atomic E-state index is 0.0993. The highest BCUT2D eigenvalue weighted by molar-refractivity contribution is 7.89. The van der Waals surface area contributed by atoms with Crippen molar-refractivity contribution in [3.8, 4) is 5.75 Å². The summed E-state index contributed by atoms with van der Waals surface area (Å²) < 4.78 is 30.9. The van der Waals surface area contributed by atoms with Crippen molar-refractivity contribution in [1.82, 2.24) is 4.72 Å². The van der Waals surface area contributed by atoms with Gasteiger partial charge in [-0.25, -0.2) is 17.9 Å². The van der Waals surface area contributed by atoms with Crippen LogP contribution in [-0.2, 0) is 27.8 Å². The number of sulfonamides is 1. The van der Waals surface area contributed by atoms with Crippen molar-refractivity contribution < 1.29 is 23.1 Å². The average Bonchev–Trinajstić information content (AvgIpc) is 2.79. The van der Waals surface area contributed by atoms with E-state index in [0.29, 0.717) is 18.6 Å². The normalized spacial score (nSPS) is 17.6. The maximum absolute atomic E-state index is 11.6. The SMILES string of the molecule is CCCS(=O)(=O)NCc1ccc2c(c1)CC(C(=O)O)O2. The van der Waals surface area contributed by atoms with Crippen LogP contribution in [0.5, 0.6) is 5.75 Å². The molecule has 7 heteroatoms. The average molecular weight is 299 g/mol. The second-order valence-electron chi connectivity index (χ2n) is 4.73. The fourth-order valence-corrected chi connectivity index (χ4v) is 3.15. The van der Waals surface area contributed by atoms with Gasteiger partial charge in [-0.1, -0.05) is 19.1 Å². The van der Waals surface area contributed by atoms with Gasteiger partial charge in [0.2, 0.25) is 10.0 Å². The maximum atomic E-state index is 11.6. The molecule has 1 aromatic rings. The first-order chi connectivity index (χ1) is 9.41. The topological polar surface area (TPSA) is 92.7 Å². The molecule has 1 aliphatic rings. The minimum atomic E-state index is -3.24. The van der Waals surface area contributed by atoms with Gasteiger partial charge in [0.1, 0.15) is 5.75 Å². The number of carbonyl (C=O) groups is 1. The number of ether oxygens (including phenoxy) is 1. The Hall–Kier alpha value is -1.60. The highest BCUT2D eigenvalue weighted by Gasteiger charge is 2.28. The molecule has 0 saturated heterocycles. The first kappa shape index (κ1) is 14.8. The van der Waals surface area contributed by atoms with E-state index in [2.05, 4.69) is 4.72 Å². The zero-order valence-corrected chi connectivity index (χ0v) is 11.9. The molecule has 1 aromatic carbocycles. The first-order valence-electron chi connectivity index (χ1n) is 6.40. The van der Waals surface area contributed by atoms with E-state index in [1.165, 1.54) is 0 Å². The highest BCUT2D eigenvalue weighted by Crippen LogP contribution is 2.29. The third-order valence-corrected chi connectivity index (χ3v) is 4.57. The van der Waals surface area contributed by atoms with Gasteiger partial charge in [0, 0.05) is 13.0 Å². The first-order valence-corrected chi connectivity index (χ1v) is 8.05. The van der Waals surface area contributed by atoms with Gasteiger partial charge in [-0.2, -0.15) is 0 Å². The summed E-state index contributed by atoms with van der Waals surface area (Å²) in [6.45, 7) is 2.01. The fourth-order valence-electron chi connectivity index (χ4n) is 2.08. The molecule has 0 spiro atoms. The number of nitrogens with one attached hydrogen (secondary N) is 1. The van der Waals surface area contributed by atoms with E-state index < -0.39 is 22.1 Å². The summed E-state index contributed by atoms with van der Waals surface area (Å²) in [7, 11) is -3.24. The zero-order valence-electron chi connectivity index (χ0n) is 11.1. The van der Waals surface area contributed by atoms with Crippen molar-refractivity contribution in [1.29, 1.82) is 0 Å². The Morgan fingerprint density at radius 2 is 2.25 bits per heavy atom. The number of carboxylic acids is 1. The maximum Gasteiger partial charge on any atom is 0.345 e. The predicted molar refractivity (Wildman–Crippen MR) is 73.1 cm³/mol. The molecule has 20 heavy (non-hydrogen) atoms. The van der Waals surface area contributed by atoms with Crippen molar-refractivity contribution in [2.75, 3.05) is 5.75 Å². The lowest BCUT2D eigenvalue weighted by Crippen LogP contribution is -2.25. The smallest absolute Gasteiger partial charge is 0.345 e. The standard InChI is InChI=1S/C13H17NO5S/c1-2-5-20(17,18)14-8-9-3-4-11-10(6-9)7-12(19-11)13(15)16/h3-4,6,12,14H,2,5,7-8H2,1H3,(H,15,16). The van der Waals surface area contributed by atoms with Gasteiger partial charge in [-0.15, -0.1) is 0 Å². The summed E-state index contributed by atoms with van der Waals surface area (Å²) in [5, 5.41) is 8.91. The van der Waals surface area contributed by atoms with Gasteiger partial charge in [-0.05, 0) is 23.6 Å². The summed E-state index contributed by atoms with van der Waals surface area (Å²) in [6, 6.07) is 5.20. The second-order valence-corrected chi connectivity index (χ2v) is 6.66. The minimum Gasteiger partial charge on any atom is -0.478 e. The lowest BCUT2D eigenvalue weighted by molar-refractivity contribution is -0.144. The summed E-state index contributed by atoms with van der Waals surface area (Å²) in [4.78, 5) is 10.9. The monoisotopic (exact) mass is 299 g/mol. The third kappa shape index (κ3) is 3.49. The van der Waals surface area contributed by atoms with Gasteiger partial charge in [-0.3, -0.25) is 0 Å². The largest absolute Gasteiger partial charge is 0.478 e. The lowest BCUT2D eigenvalue weighted by Gasteiger charge is -2.07. The van der Waals surface area contributed by atoms with E-state index >= 15 is 0 Å². The Morgan fingerprint density at radius 3 is 2.90 bits per heavy atom. The van der Waals surface area contributed by atoms with Gasteiger partial charge in [0.15, 0.2) is 6.10 Å². The van der Waals surface area contributed by atoms with Crippen LogP contribution < -0.4 is 9.46 Å². The third-order valence-electron chi connectivity index (χ3n) is 3.04. The molecule has 0 fully saturated rings. The lowest BCUT2D eigenvalue weighted by atomic mass is 10.1. The zero-order chi connectivity index (χ0) is 14.8. The van der Waals surface area contributed by atoms with Crippen molar-refractivity contribution in [3.05, 3.63) is 29.3 Å². The number of hydrogen-bond acceptors (Lipinski definition) is 4. The molecule has 2 N–H and O–H groups in total. The molecule has 1 atom stereocenters. The van der Waals surface area contributed by atoms with E-state index in [0.717, 1.165) is 11.1 Å². The molecule has 0 bridgehead atoms. The molecule has 1 heterocycles. The summed E-state index contributed by atoms with van der Waals surface area (Å²) in [5.74, 6) is -0.341. The fraction of sp³-hybridized carbons (Fsp3) is 0.462. The van der Waals surface area contributed by atoms with E-state index in [4.69, 9.17) is 9.84 Å². The Balaban J connectivity index is 2.03. The van der Waals surface area contributed by atoms with Crippen LogP contribution in [0.3, 0.4) is 0 Å². The molecule has 0 radical (unpaired) electrons. The number of aliphatic carboxylic acids is 1. The Labute approximate surface area is 117 Å². The van der Waals surface area contributed by atoms with Crippen LogP contribution in [0.1, 0.15) is 24.5 Å². The van der Waals surface area contributed by atoms with Gasteiger partial charge < -0.3 is 9.84 Å². The van der Waals surface area contributed by atoms with Gasteiger partial charge in [0.05, 0.1) is 5.75 Å². The number of benzene rings is 1. The van der Waals surface area contributed by atoms with Crippen LogP contribution in [-0.4, -0.2) is 31.4 Å². The molecular formula is C13H17NO5S. The van der Waals surface area contributed by atoms with E-state index in [1.807, 2.05) is 0 Å². The van der Waals surface area contributed by atoms with E-state index in [9.17, 15) is 13.2 Å². The molecule has 1 unspecified atom stereocenters. The molecule has 0 saturated carbocycles. The summed E-state index contributed by atoms with van der Waals surface area (Å²) >= 11 is 0. The Morgan fingerprint density at radius 1 is 1.50 bits per heavy atom. The summed E-state index contributed by atoms with van der Waals surface area (Å²) in [5.41, 5.74) is 1.59. The number of rotatable bonds is 6. The molecule has 110 valence electrons. The van der Waals surface area contributed by atoms with Crippen molar-refractivity contribution in [2.24, 2.45) is 0 Å². The Kier molecular flexibility index (Phi) is 4.29. The number of carboxylic acid groups (broad SMARTS) is 1. The predicted octanol–water partition coefficient (Wildman–Crippen LogP) is 0.904. The van der Waals surface area contributed by atoms with E-state index in [-0.39, 0.29) is 12.3 Å². The number of fused-ring (bicyclic) bond motifs is 1. The molecule has 0 aliphatic carbocycles. The molecule has 6 nitrogen and oxygen atoms in total. The molecule has 0 amide bonds. The van der Waals surface area contributed by atoms with Crippen LogP contribution in [0.2, 0.25) is 0 Å². The molecule has 1 aliphatic heterocycles. The van der Waals surface area contributed by atoms with Crippen LogP contribution in [0.15, 0.2) is 18.2 Å². The van der Waals surface area contributed by atoms with Crippen molar-refractivity contribution >= 4 is 16.0 Å². The molecular weight excluding hydrogens is 282 g/mol. The molecule has 2 rings (SSSR count). The second kappa shape index (κ2) is 5.80. The van der Waals surface area contributed by atoms with E-state index in [1.54, 1.807) is 25.1 Å². The Bertz CT molecular complexity index is 611. The van der Waals surface area contributed by atoms with Crippen LogP contribution in [0.4, 0.5) is 0 Å². The van der Waals surface area contributed by atoms with Crippen LogP contribution >= 0.6 is 0 Å².